The fourth-order valence-corrected chi connectivity index (χ4v) is 1.89. The van der Waals surface area contributed by atoms with Gasteiger partial charge in [0.2, 0.25) is 5.91 Å². The first-order valence-electron chi connectivity index (χ1n) is 4.55. The van der Waals surface area contributed by atoms with Gasteiger partial charge in [0.05, 0.1) is 22.3 Å². The van der Waals surface area contributed by atoms with Crippen molar-refractivity contribution in [1.82, 2.24) is 0 Å². The average molecular weight is 283 g/mol. The molecular weight excluding hydrogens is 272 g/mol. The van der Waals surface area contributed by atoms with Crippen molar-refractivity contribution in [2.45, 2.75) is 13.8 Å². The fraction of sp³-hybridized carbons (Fsp3) is 0.300. The van der Waals surface area contributed by atoms with Crippen LogP contribution in [0.2, 0.25) is 15.1 Å². The highest BCUT2D eigenvalue weighted by Gasteiger charge is 2.16. The van der Waals surface area contributed by atoms with Crippen LogP contribution in [-0.2, 0) is 4.79 Å². The van der Waals surface area contributed by atoms with Gasteiger partial charge in [-0.1, -0.05) is 34.8 Å². The Morgan fingerprint density at radius 2 is 2.00 bits per heavy atom. The maximum Gasteiger partial charge on any atom is 0.221 e. The van der Waals surface area contributed by atoms with Crippen molar-refractivity contribution < 1.29 is 9.53 Å². The van der Waals surface area contributed by atoms with Crippen LogP contribution in [0.15, 0.2) is 6.07 Å². The molecule has 0 aliphatic carbocycles. The van der Waals surface area contributed by atoms with E-state index in [1.165, 1.54) is 13.0 Å². The molecule has 1 amide bonds. The monoisotopic (exact) mass is 281 g/mol. The second kappa shape index (κ2) is 5.62. The molecule has 1 rings (SSSR count). The Labute approximate surface area is 109 Å². The maximum absolute atomic E-state index is 10.9. The molecule has 1 aromatic rings. The van der Waals surface area contributed by atoms with Gasteiger partial charge in [-0.3, -0.25) is 4.79 Å². The lowest BCUT2D eigenvalue weighted by atomic mass is 10.3. The second-order valence-corrected chi connectivity index (χ2v) is 4.14. The summed E-state index contributed by atoms with van der Waals surface area (Å²) in [5.74, 6) is 0.0723. The Hall–Kier alpha value is -0.640. The number of hydrogen-bond acceptors (Lipinski definition) is 2. The number of carbonyl (C=O) groups is 1. The van der Waals surface area contributed by atoms with Crippen molar-refractivity contribution in [3.05, 3.63) is 21.1 Å². The van der Waals surface area contributed by atoms with Gasteiger partial charge in [-0.15, -0.1) is 0 Å². The summed E-state index contributed by atoms with van der Waals surface area (Å²) in [6.45, 7) is 3.60. The van der Waals surface area contributed by atoms with Crippen molar-refractivity contribution in [1.29, 1.82) is 0 Å². The van der Waals surface area contributed by atoms with E-state index >= 15 is 0 Å². The third-order valence-corrected chi connectivity index (χ3v) is 2.85. The molecule has 0 fully saturated rings. The quantitative estimate of drug-likeness (QED) is 0.851. The van der Waals surface area contributed by atoms with Crippen LogP contribution in [0.3, 0.4) is 0 Å². The third kappa shape index (κ3) is 2.94. The van der Waals surface area contributed by atoms with Crippen LogP contribution in [0.25, 0.3) is 0 Å². The molecule has 16 heavy (non-hydrogen) atoms. The van der Waals surface area contributed by atoms with Gasteiger partial charge in [0.1, 0.15) is 5.02 Å². The Bertz CT molecular complexity index is 421. The van der Waals surface area contributed by atoms with Gasteiger partial charge in [0, 0.05) is 6.92 Å². The number of carbonyl (C=O) groups excluding carboxylic acids is 1. The molecule has 0 heterocycles. The van der Waals surface area contributed by atoms with E-state index in [2.05, 4.69) is 5.32 Å². The van der Waals surface area contributed by atoms with E-state index in [1.807, 2.05) is 6.92 Å². The van der Waals surface area contributed by atoms with Gasteiger partial charge >= 0.3 is 0 Å². The SMILES string of the molecule is CCOc1c(Cl)cc(NC(C)=O)c(Cl)c1Cl. The first-order valence-corrected chi connectivity index (χ1v) is 5.68. The number of rotatable bonds is 3. The van der Waals surface area contributed by atoms with Crippen LogP contribution in [0.4, 0.5) is 5.69 Å². The summed E-state index contributed by atoms with van der Waals surface area (Å²) in [7, 11) is 0. The van der Waals surface area contributed by atoms with E-state index in [1.54, 1.807) is 0 Å². The number of amides is 1. The Kier molecular flexibility index (Phi) is 4.71. The van der Waals surface area contributed by atoms with Crippen molar-refractivity contribution in [3.63, 3.8) is 0 Å². The predicted octanol–water partition coefficient (Wildman–Crippen LogP) is 4.00. The van der Waals surface area contributed by atoms with Gasteiger partial charge in [-0.2, -0.15) is 0 Å². The standard InChI is InChI=1S/C10H10Cl3NO2/c1-3-16-10-6(11)4-7(14-5(2)15)8(12)9(10)13/h4H,3H2,1-2H3,(H,14,15). The van der Waals surface area contributed by atoms with Gasteiger partial charge in [-0.05, 0) is 13.0 Å². The molecule has 0 spiro atoms. The number of anilines is 1. The first-order chi connectivity index (χ1) is 7.47. The molecule has 0 radical (unpaired) electrons. The fourth-order valence-electron chi connectivity index (χ4n) is 1.14. The number of ether oxygens (including phenoxy) is 1. The van der Waals surface area contributed by atoms with Crippen LogP contribution in [0, 0.1) is 0 Å². The van der Waals surface area contributed by atoms with E-state index in [4.69, 9.17) is 39.5 Å². The highest BCUT2D eigenvalue weighted by molar-refractivity contribution is 6.46. The van der Waals surface area contributed by atoms with Gasteiger partial charge < -0.3 is 10.1 Å². The minimum atomic E-state index is -0.252. The molecule has 88 valence electrons. The lowest BCUT2D eigenvalue weighted by molar-refractivity contribution is -0.114. The van der Waals surface area contributed by atoms with Gasteiger partial charge in [0.25, 0.3) is 0 Å². The van der Waals surface area contributed by atoms with Crippen LogP contribution < -0.4 is 10.1 Å². The molecule has 0 saturated carbocycles. The molecule has 0 atom stereocenters. The topological polar surface area (TPSA) is 38.3 Å². The van der Waals surface area contributed by atoms with Crippen molar-refractivity contribution in [2.24, 2.45) is 0 Å². The summed E-state index contributed by atoms with van der Waals surface area (Å²) in [5.41, 5.74) is 0.368. The zero-order chi connectivity index (χ0) is 12.3. The summed E-state index contributed by atoms with van der Waals surface area (Å²) >= 11 is 17.9. The Balaban J connectivity index is 3.21. The normalized spacial score (nSPS) is 10.1. The second-order valence-electron chi connectivity index (χ2n) is 2.98. The molecule has 6 heteroatoms. The molecule has 1 N–H and O–H groups in total. The first kappa shape index (κ1) is 13.4. The van der Waals surface area contributed by atoms with E-state index < -0.39 is 0 Å². The minimum absolute atomic E-state index is 0.194. The smallest absolute Gasteiger partial charge is 0.221 e. The molecule has 0 unspecified atom stereocenters. The van der Waals surface area contributed by atoms with Gasteiger partial charge in [-0.25, -0.2) is 0 Å². The summed E-state index contributed by atoms with van der Waals surface area (Å²) < 4.78 is 5.25. The summed E-state index contributed by atoms with van der Waals surface area (Å²) in [4.78, 5) is 10.9. The molecular formula is C10H10Cl3NO2. The minimum Gasteiger partial charge on any atom is -0.491 e. The molecule has 0 aliphatic heterocycles. The van der Waals surface area contributed by atoms with Crippen molar-refractivity contribution >= 4 is 46.4 Å². The zero-order valence-electron chi connectivity index (χ0n) is 8.73. The molecule has 0 saturated heterocycles. The number of benzene rings is 1. The largest absolute Gasteiger partial charge is 0.491 e. The number of nitrogens with one attached hydrogen (secondary N) is 1. The van der Waals surface area contributed by atoms with Crippen molar-refractivity contribution in [3.8, 4) is 5.75 Å². The molecule has 0 aliphatic rings. The Morgan fingerprint density at radius 1 is 1.38 bits per heavy atom. The molecule has 0 aromatic heterocycles. The van der Waals surface area contributed by atoms with Crippen LogP contribution >= 0.6 is 34.8 Å². The lowest BCUT2D eigenvalue weighted by Gasteiger charge is -2.13. The summed E-state index contributed by atoms with van der Waals surface area (Å²) in [6.07, 6.45) is 0. The zero-order valence-corrected chi connectivity index (χ0v) is 11.0. The van der Waals surface area contributed by atoms with Crippen LogP contribution in [-0.4, -0.2) is 12.5 Å². The molecule has 3 nitrogen and oxygen atoms in total. The average Bonchev–Trinajstić information content (AvgIpc) is 2.20. The number of hydrogen-bond donors (Lipinski definition) is 1. The van der Waals surface area contributed by atoms with Crippen LogP contribution in [0.5, 0.6) is 5.75 Å². The van der Waals surface area contributed by atoms with Crippen LogP contribution in [0.1, 0.15) is 13.8 Å². The predicted molar refractivity (Wildman–Crippen MR) is 66.9 cm³/mol. The maximum atomic E-state index is 10.9. The van der Waals surface area contributed by atoms with Crippen molar-refractivity contribution in [2.75, 3.05) is 11.9 Å². The molecule has 1 aromatic carbocycles. The van der Waals surface area contributed by atoms with Gasteiger partial charge in [0.15, 0.2) is 5.75 Å². The highest BCUT2D eigenvalue weighted by Crippen LogP contribution is 2.42. The summed E-state index contributed by atoms with van der Waals surface area (Å²) in [5, 5.41) is 3.24. The van der Waals surface area contributed by atoms with E-state index in [0.29, 0.717) is 23.1 Å². The lowest BCUT2D eigenvalue weighted by Crippen LogP contribution is -2.07. The number of halogens is 3. The van der Waals surface area contributed by atoms with E-state index in [9.17, 15) is 4.79 Å². The van der Waals surface area contributed by atoms with E-state index in [0.717, 1.165) is 0 Å². The Morgan fingerprint density at radius 3 is 2.50 bits per heavy atom. The summed E-state index contributed by atoms with van der Waals surface area (Å²) in [6, 6.07) is 1.50. The molecule has 0 bridgehead atoms. The third-order valence-electron chi connectivity index (χ3n) is 1.72. The highest BCUT2D eigenvalue weighted by atomic mass is 35.5. The van der Waals surface area contributed by atoms with E-state index in [-0.39, 0.29) is 16.0 Å².